The number of ether oxygens (including phenoxy) is 3. The summed E-state index contributed by atoms with van der Waals surface area (Å²) >= 11 is 0. The number of carbonyl (C=O) groups excluding carboxylic acids is 2. The summed E-state index contributed by atoms with van der Waals surface area (Å²) in [7, 11) is 1.81. The number of aromatic nitrogens is 2. The standard InChI is InChI=1S/C39H53N7O6/c1-3-32-10-16-41-38(42-32)46-21-24-52-39(28-46)13-18-45(19-14-39)26-30-6-4-5-29(25-30)11-22-50-23-12-35(49)44(2)20-17-40-15-9-31-7-8-33(47)36-37(31)51-27-34(48)43-36/h4-8,10,16,25,40,47H,3,9,11-15,17-24,26-28H2,1-2H3,(H,43,48). The average Bonchev–Trinajstić information content (AvgIpc) is 3.16. The average molecular weight is 716 g/mol. The van der Waals surface area contributed by atoms with Gasteiger partial charge in [0.2, 0.25) is 11.9 Å². The second-order valence-corrected chi connectivity index (χ2v) is 14.0. The summed E-state index contributed by atoms with van der Waals surface area (Å²) in [5.74, 6) is 1.09. The van der Waals surface area contributed by atoms with Crippen molar-refractivity contribution in [3.8, 4) is 11.5 Å². The number of aryl methyl sites for hydroxylation is 1. The first-order valence-corrected chi connectivity index (χ1v) is 18.6. The topological polar surface area (TPSA) is 142 Å². The van der Waals surface area contributed by atoms with Gasteiger partial charge < -0.3 is 39.8 Å². The summed E-state index contributed by atoms with van der Waals surface area (Å²) in [6.07, 6.45) is 6.57. The molecule has 3 N–H and O–H groups in total. The summed E-state index contributed by atoms with van der Waals surface area (Å²) in [5.41, 5.74) is 4.70. The maximum absolute atomic E-state index is 12.6. The van der Waals surface area contributed by atoms with Gasteiger partial charge in [0.05, 0.1) is 38.4 Å². The Labute approximate surface area is 306 Å². The van der Waals surface area contributed by atoms with Gasteiger partial charge in [-0.1, -0.05) is 37.3 Å². The Kier molecular flexibility index (Phi) is 12.9. The molecule has 2 saturated heterocycles. The number of phenolic OH excluding ortho intramolecular Hbond substituents is 1. The van der Waals surface area contributed by atoms with Crippen molar-refractivity contribution in [2.45, 2.75) is 57.6 Å². The van der Waals surface area contributed by atoms with Crippen molar-refractivity contribution in [2.75, 3.05) is 89.5 Å². The van der Waals surface area contributed by atoms with Crippen molar-refractivity contribution in [1.29, 1.82) is 0 Å². The second-order valence-electron chi connectivity index (χ2n) is 14.0. The number of morpholine rings is 1. The zero-order valence-electron chi connectivity index (χ0n) is 30.6. The lowest BCUT2D eigenvalue weighted by atomic mass is 9.89. The Balaban J connectivity index is 0.839. The first kappa shape index (κ1) is 37.5. The number of likely N-dealkylation sites (tertiary alicyclic amines) is 1. The molecule has 0 unspecified atom stereocenters. The summed E-state index contributed by atoms with van der Waals surface area (Å²) in [6.45, 7) is 10.2. The van der Waals surface area contributed by atoms with Crippen molar-refractivity contribution < 1.29 is 28.9 Å². The van der Waals surface area contributed by atoms with Crippen LogP contribution in [0, 0.1) is 0 Å². The molecule has 4 heterocycles. The number of amides is 2. The van der Waals surface area contributed by atoms with Crippen LogP contribution in [0.3, 0.4) is 0 Å². The van der Waals surface area contributed by atoms with E-state index in [2.05, 4.69) is 56.6 Å². The van der Waals surface area contributed by atoms with Gasteiger partial charge in [0.1, 0.15) is 11.4 Å². The number of fused-ring (bicyclic) bond motifs is 1. The fourth-order valence-corrected chi connectivity index (χ4v) is 7.09. The monoisotopic (exact) mass is 715 g/mol. The minimum absolute atomic E-state index is 0.01000. The van der Waals surface area contributed by atoms with Gasteiger partial charge in [-0.05, 0) is 67.5 Å². The Morgan fingerprint density at radius 2 is 1.94 bits per heavy atom. The summed E-state index contributed by atoms with van der Waals surface area (Å²) in [5, 5.41) is 16.0. The number of nitrogens with zero attached hydrogens (tertiary/aromatic N) is 5. The zero-order valence-corrected chi connectivity index (χ0v) is 30.6. The number of hydrogen-bond acceptors (Lipinski definition) is 11. The molecule has 0 aliphatic carbocycles. The molecule has 6 rings (SSSR count). The third kappa shape index (κ3) is 9.97. The highest BCUT2D eigenvalue weighted by molar-refractivity contribution is 5.97. The number of anilines is 2. The van der Waals surface area contributed by atoms with Gasteiger partial charge >= 0.3 is 0 Å². The summed E-state index contributed by atoms with van der Waals surface area (Å²) < 4.78 is 17.8. The van der Waals surface area contributed by atoms with Crippen LogP contribution in [0.25, 0.3) is 0 Å². The molecule has 0 bridgehead atoms. The molecular formula is C39H53N7O6. The quantitative estimate of drug-likeness (QED) is 0.149. The van der Waals surface area contributed by atoms with Crippen LogP contribution in [-0.4, -0.2) is 122 Å². The lowest BCUT2D eigenvalue weighted by molar-refractivity contribution is -0.131. The molecule has 280 valence electrons. The van der Waals surface area contributed by atoms with E-state index < -0.39 is 0 Å². The van der Waals surface area contributed by atoms with Crippen LogP contribution in [0.2, 0.25) is 0 Å². The number of benzene rings is 2. The lowest BCUT2D eigenvalue weighted by Gasteiger charge is -2.47. The van der Waals surface area contributed by atoms with E-state index in [4.69, 9.17) is 19.2 Å². The molecule has 0 radical (unpaired) electrons. The third-order valence-electron chi connectivity index (χ3n) is 10.2. The molecule has 1 aromatic heterocycles. The van der Waals surface area contributed by atoms with E-state index in [-0.39, 0.29) is 29.8 Å². The molecule has 3 aliphatic heterocycles. The van der Waals surface area contributed by atoms with Crippen LogP contribution in [0.1, 0.15) is 48.6 Å². The number of hydrogen-bond donors (Lipinski definition) is 3. The van der Waals surface area contributed by atoms with E-state index in [1.165, 1.54) is 11.1 Å². The van der Waals surface area contributed by atoms with Crippen LogP contribution in [0.15, 0.2) is 48.7 Å². The fraction of sp³-hybridized carbons (Fsp3) is 0.538. The van der Waals surface area contributed by atoms with Gasteiger partial charge in [-0.2, -0.15) is 0 Å². The van der Waals surface area contributed by atoms with Gasteiger partial charge in [0.25, 0.3) is 5.91 Å². The van der Waals surface area contributed by atoms with E-state index in [1.807, 2.05) is 19.3 Å². The van der Waals surface area contributed by atoms with Gasteiger partial charge in [-0.25, -0.2) is 9.97 Å². The molecule has 0 saturated carbocycles. The molecule has 2 amide bonds. The Hall–Kier alpha value is -4.30. The Bertz CT molecular complexity index is 1660. The predicted octanol–water partition coefficient (Wildman–Crippen LogP) is 3.19. The van der Waals surface area contributed by atoms with Crippen LogP contribution < -0.4 is 20.3 Å². The predicted molar refractivity (Wildman–Crippen MR) is 199 cm³/mol. The third-order valence-corrected chi connectivity index (χ3v) is 10.2. The number of aromatic hydroxyl groups is 1. The highest BCUT2D eigenvalue weighted by Crippen LogP contribution is 2.39. The first-order valence-electron chi connectivity index (χ1n) is 18.6. The second kappa shape index (κ2) is 18.0. The Morgan fingerprint density at radius 3 is 2.79 bits per heavy atom. The summed E-state index contributed by atoms with van der Waals surface area (Å²) in [4.78, 5) is 40.1. The van der Waals surface area contributed by atoms with Gasteiger partial charge in [0.15, 0.2) is 12.4 Å². The smallest absolute Gasteiger partial charge is 0.262 e. The van der Waals surface area contributed by atoms with Crippen LogP contribution >= 0.6 is 0 Å². The van der Waals surface area contributed by atoms with E-state index in [0.717, 1.165) is 75.6 Å². The van der Waals surface area contributed by atoms with Gasteiger partial charge in [-0.15, -0.1) is 0 Å². The first-order chi connectivity index (χ1) is 25.3. The largest absolute Gasteiger partial charge is 0.506 e. The molecule has 3 aromatic rings. The lowest BCUT2D eigenvalue weighted by Crippen LogP contribution is -2.57. The normalized spacial score (nSPS) is 17.0. The molecular weight excluding hydrogens is 662 g/mol. The summed E-state index contributed by atoms with van der Waals surface area (Å²) in [6, 6.07) is 14.1. The molecule has 2 aromatic carbocycles. The minimum Gasteiger partial charge on any atom is -0.506 e. The molecule has 13 heteroatoms. The van der Waals surface area contributed by atoms with Crippen molar-refractivity contribution in [2.24, 2.45) is 0 Å². The van der Waals surface area contributed by atoms with Crippen LogP contribution in [0.4, 0.5) is 11.6 Å². The Morgan fingerprint density at radius 1 is 1.10 bits per heavy atom. The van der Waals surface area contributed by atoms with Crippen molar-refractivity contribution in [1.82, 2.24) is 25.1 Å². The molecule has 13 nitrogen and oxygen atoms in total. The molecule has 2 fully saturated rings. The molecule has 52 heavy (non-hydrogen) atoms. The number of piperidine rings is 1. The molecule has 1 spiro atoms. The van der Waals surface area contributed by atoms with E-state index in [9.17, 15) is 14.7 Å². The number of likely N-dealkylation sites (N-methyl/N-ethyl adjacent to an activating group) is 1. The number of phenols is 1. The van der Waals surface area contributed by atoms with Crippen LogP contribution in [-0.2, 0) is 44.9 Å². The molecule has 3 aliphatic rings. The van der Waals surface area contributed by atoms with Crippen molar-refractivity contribution in [3.63, 3.8) is 0 Å². The van der Waals surface area contributed by atoms with E-state index >= 15 is 0 Å². The SMILES string of the molecule is CCc1ccnc(N2CCOC3(CCN(Cc4cccc(CCOCCC(=O)N(C)CCNCCc5ccc(O)c6c5OCC(=O)N6)c4)CC3)C2)n1. The highest BCUT2D eigenvalue weighted by Gasteiger charge is 2.40. The van der Waals surface area contributed by atoms with Gasteiger partial charge in [-0.3, -0.25) is 14.5 Å². The van der Waals surface area contributed by atoms with Crippen molar-refractivity contribution in [3.05, 3.63) is 71.0 Å². The highest BCUT2D eigenvalue weighted by atomic mass is 16.5. The zero-order chi connectivity index (χ0) is 36.3. The maximum Gasteiger partial charge on any atom is 0.262 e. The fourth-order valence-electron chi connectivity index (χ4n) is 7.09. The maximum atomic E-state index is 12.6. The number of nitrogens with one attached hydrogen (secondary N) is 2. The van der Waals surface area contributed by atoms with Crippen molar-refractivity contribution >= 4 is 23.5 Å². The molecule has 0 atom stereocenters. The van der Waals surface area contributed by atoms with Crippen LogP contribution in [0.5, 0.6) is 11.5 Å². The van der Waals surface area contributed by atoms with E-state index in [0.29, 0.717) is 63.7 Å². The van der Waals surface area contributed by atoms with E-state index in [1.54, 1.807) is 17.0 Å². The minimum atomic E-state index is -0.284. The number of carbonyl (C=O) groups is 2. The van der Waals surface area contributed by atoms with Gasteiger partial charge in [0, 0.05) is 58.2 Å². The number of rotatable bonds is 16.